The minimum absolute atomic E-state index is 0. The number of thioether (sulfide) groups is 1. The Morgan fingerprint density at radius 1 is 1.18 bits per heavy atom. The zero-order chi connectivity index (χ0) is 18.6. The van der Waals surface area contributed by atoms with E-state index < -0.39 is 0 Å². The molecule has 1 fully saturated rings. The molecule has 0 aromatic heterocycles. The summed E-state index contributed by atoms with van der Waals surface area (Å²) in [6.07, 6.45) is 0.412. The van der Waals surface area contributed by atoms with E-state index >= 15 is 0 Å². The van der Waals surface area contributed by atoms with Gasteiger partial charge in [0, 0.05) is 36.2 Å². The number of hydrogen-bond donors (Lipinski definition) is 1. The maximum Gasteiger partial charge on any atom is 0.231 e. The van der Waals surface area contributed by atoms with E-state index in [1.165, 1.54) is 12.1 Å². The normalized spacial score (nSPS) is 17.7. The van der Waals surface area contributed by atoms with Gasteiger partial charge in [0.15, 0.2) is 11.5 Å². The monoisotopic (exact) mass is 424 g/mol. The Hall–Kier alpha value is -1.96. The van der Waals surface area contributed by atoms with Gasteiger partial charge in [-0.2, -0.15) is 11.8 Å². The van der Waals surface area contributed by atoms with Crippen LogP contribution in [0.3, 0.4) is 0 Å². The van der Waals surface area contributed by atoms with Gasteiger partial charge >= 0.3 is 0 Å². The molecule has 2 heterocycles. The van der Waals surface area contributed by atoms with Gasteiger partial charge in [0.05, 0.1) is 6.54 Å². The number of ether oxygens (including phenoxy) is 2. The van der Waals surface area contributed by atoms with Crippen LogP contribution in [0.2, 0.25) is 0 Å². The quantitative estimate of drug-likeness (QED) is 0.794. The van der Waals surface area contributed by atoms with Gasteiger partial charge < -0.3 is 19.7 Å². The molecule has 2 aliphatic rings. The van der Waals surface area contributed by atoms with E-state index in [9.17, 15) is 9.18 Å². The predicted octanol–water partition coefficient (Wildman–Crippen LogP) is 3.60. The largest absolute Gasteiger partial charge is 0.454 e. The van der Waals surface area contributed by atoms with Crippen molar-refractivity contribution in [2.45, 2.75) is 19.0 Å². The summed E-state index contributed by atoms with van der Waals surface area (Å²) in [4.78, 5) is 14.8. The first kappa shape index (κ1) is 20.8. The van der Waals surface area contributed by atoms with Gasteiger partial charge in [0.1, 0.15) is 5.82 Å². The molecule has 1 unspecified atom stereocenters. The van der Waals surface area contributed by atoms with Crippen LogP contribution >= 0.6 is 24.2 Å². The van der Waals surface area contributed by atoms with Crippen LogP contribution in [0.5, 0.6) is 11.5 Å². The van der Waals surface area contributed by atoms with Gasteiger partial charge in [0.2, 0.25) is 12.7 Å². The minimum Gasteiger partial charge on any atom is -0.454 e. The number of nitrogens with one attached hydrogen (secondary N) is 1. The van der Waals surface area contributed by atoms with E-state index in [0.29, 0.717) is 30.2 Å². The molecule has 150 valence electrons. The van der Waals surface area contributed by atoms with Crippen molar-refractivity contribution in [2.24, 2.45) is 0 Å². The van der Waals surface area contributed by atoms with Crippen LogP contribution < -0.4 is 19.7 Å². The second-order valence-electron chi connectivity index (χ2n) is 6.57. The average Bonchev–Trinajstić information content (AvgIpc) is 3.15. The van der Waals surface area contributed by atoms with E-state index in [1.807, 2.05) is 30.0 Å². The van der Waals surface area contributed by atoms with Crippen molar-refractivity contribution >= 4 is 35.8 Å². The molecule has 0 spiro atoms. The zero-order valence-electron chi connectivity index (χ0n) is 15.2. The van der Waals surface area contributed by atoms with Crippen molar-refractivity contribution < 1.29 is 18.7 Å². The Morgan fingerprint density at radius 2 is 1.96 bits per heavy atom. The topological polar surface area (TPSA) is 50.8 Å². The summed E-state index contributed by atoms with van der Waals surface area (Å²) in [7, 11) is 0. The Balaban J connectivity index is 0.00000225. The summed E-state index contributed by atoms with van der Waals surface area (Å²) < 4.78 is 24.1. The molecule has 2 aromatic carbocycles. The number of amides is 1. The number of nitrogens with zero attached hydrogens (tertiary/aromatic N) is 1. The molecule has 0 aliphatic carbocycles. The Bertz CT molecular complexity index is 816. The summed E-state index contributed by atoms with van der Waals surface area (Å²) in [5.74, 6) is 3.08. The second-order valence-corrected chi connectivity index (χ2v) is 7.72. The molecule has 0 radical (unpaired) electrons. The molecule has 1 saturated heterocycles. The summed E-state index contributed by atoms with van der Waals surface area (Å²) >= 11 is 1.86. The molecule has 5 nitrogen and oxygen atoms in total. The SMILES string of the molecule is Cl.O=C(CC1CSCCN1)N(Cc1ccc2c(c1)OCO2)c1ccc(F)cc1. The molecular weight excluding hydrogens is 403 g/mol. The highest BCUT2D eigenvalue weighted by Crippen LogP contribution is 2.33. The summed E-state index contributed by atoms with van der Waals surface area (Å²) in [5.41, 5.74) is 1.62. The van der Waals surface area contributed by atoms with Crippen LogP contribution in [0.25, 0.3) is 0 Å². The van der Waals surface area contributed by atoms with E-state index in [2.05, 4.69) is 5.32 Å². The first-order valence-electron chi connectivity index (χ1n) is 8.94. The molecule has 0 saturated carbocycles. The third-order valence-electron chi connectivity index (χ3n) is 4.64. The number of halogens is 2. The van der Waals surface area contributed by atoms with Crippen molar-refractivity contribution in [3.8, 4) is 11.5 Å². The van der Waals surface area contributed by atoms with Gasteiger partial charge in [-0.15, -0.1) is 12.4 Å². The van der Waals surface area contributed by atoms with Crippen LogP contribution in [0, 0.1) is 5.82 Å². The van der Waals surface area contributed by atoms with E-state index in [-0.39, 0.29) is 37.0 Å². The molecule has 1 atom stereocenters. The van der Waals surface area contributed by atoms with Gasteiger partial charge in [-0.3, -0.25) is 4.79 Å². The Labute approximate surface area is 174 Å². The lowest BCUT2D eigenvalue weighted by molar-refractivity contribution is -0.119. The van der Waals surface area contributed by atoms with Crippen molar-refractivity contribution in [3.05, 3.63) is 53.8 Å². The summed E-state index contributed by atoms with van der Waals surface area (Å²) in [6.45, 7) is 1.52. The van der Waals surface area contributed by atoms with E-state index in [1.54, 1.807) is 17.0 Å². The molecule has 2 aliphatic heterocycles. The minimum atomic E-state index is -0.320. The number of hydrogen-bond acceptors (Lipinski definition) is 5. The van der Waals surface area contributed by atoms with Gasteiger partial charge in [-0.05, 0) is 42.0 Å². The number of benzene rings is 2. The van der Waals surface area contributed by atoms with Crippen molar-refractivity contribution in [1.82, 2.24) is 5.32 Å². The number of fused-ring (bicyclic) bond motifs is 1. The molecule has 4 rings (SSSR count). The zero-order valence-corrected chi connectivity index (χ0v) is 16.9. The first-order valence-corrected chi connectivity index (χ1v) is 10.1. The maximum absolute atomic E-state index is 13.4. The van der Waals surface area contributed by atoms with Crippen LogP contribution in [0.1, 0.15) is 12.0 Å². The fraction of sp³-hybridized carbons (Fsp3) is 0.350. The highest BCUT2D eigenvalue weighted by Gasteiger charge is 2.23. The number of carbonyl (C=O) groups excluding carboxylic acids is 1. The third-order valence-corrected chi connectivity index (χ3v) is 5.77. The second kappa shape index (κ2) is 9.49. The number of rotatable bonds is 5. The fourth-order valence-electron chi connectivity index (χ4n) is 3.24. The standard InChI is InChI=1S/C20H21FN2O3S.ClH/c21-15-2-4-17(5-3-15)23(20(24)10-16-12-27-8-7-22-16)11-14-1-6-18-19(9-14)26-13-25-18;/h1-6,9,16,22H,7-8,10-13H2;1H. The van der Waals surface area contributed by atoms with Crippen LogP contribution in [0.15, 0.2) is 42.5 Å². The van der Waals surface area contributed by atoms with Gasteiger partial charge in [0.25, 0.3) is 0 Å². The smallest absolute Gasteiger partial charge is 0.231 e. The maximum atomic E-state index is 13.4. The van der Waals surface area contributed by atoms with Crippen LogP contribution in [-0.2, 0) is 11.3 Å². The number of carbonyl (C=O) groups is 1. The fourth-order valence-corrected chi connectivity index (χ4v) is 4.19. The van der Waals surface area contributed by atoms with Crippen LogP contribution in [-0.4, -0.2) is 36.8 Å². The lowest BCUT2D eigenvalue weighted by atomic mass is 10.1. The molecule has 28 heavy (non-hydrogen) atoms. The highest BCUT2D eigenvalue weighted by atomic mass is 35.5. The molecular formula is C20H22ClFN2O3S. The number of anilines is 1. The van der Waals surface area contributed by atoms with E-state index in [4.69, 9.17) is 9.47 Å². The lowest BCUT2D eigenvalue weighted by Gasteiger charge is -2.28. The lowest BCUT2D eigenvalue weighted by Crippen LogP contribution is -2.42. The van der Waals surface area contributed by atoms with Gasteiger partial charge in [-0.1, -0.05) is 6.07 Å². The van der Waals surface area contributed by atoms with Crippen molar-refractivity contribution in [1.29, 1.82) is 0 Å². The molecule has 1 N–H and O–H groups in total. The molecule has 1 amide bonds. The van der Waals surface area contributed by atoms with Crippen LogP contribution in [0.4, 0.5) is 10.1 Å². The van der Waals surface area contributed by atoms with E-state index in [0.717, 1.165) is 23.6 Å². The average molecular weight is 425 g/mol. The molecule has 8 heteroatoms. The first-order chi connectivity index (χ1) is 13.2. The molecule has 2 aromatic rings. The summed E-state index contributed by atoms with van der Waals surface area (Å²) in [6, 6.07) is 11.9. The van der Waals surface area contributed by atoms with Gasteiger partial charge in [-0.25, -0.2) is 4.39 Å². The highest BCUT2D eigenvalue weighted by molar-refractivity contribution is 7.99. The Kier molecular flexibility index (Phi) is 7.04. The van der Waals surface area contributed by atoms with Crippen molar-refractivity contribution in [3.63, 3.8) is 0 Å². The predicted molar refractivity (Wildman–Crippen MR) is 111 cm³/mol. The third kappa shape index (κ3) is 4.90. The molecule has 0 bridgehead atoms. The Morgan fingerprint density at radius 3 is 2.71 bits per heavy atom. The summed E-state index contributed by atoms with van der Waals surface area (Å²) in [5, 5.41) is 3.40. The van der Waals surface area contributed by atoms with Crippen molar-refractivity contribution in [2.75, 3.05) is 29.7 Å².